The Hall–Kier alpha value is -2.14. The number of rotatable bonds is 3. The van der Waals surface area contributed by atoms with Gasteiger partial charge in [-0.05, 0) is 30.7 Å². The standard InChI is InChI=1S/C13H12ClN3O2/c1-8-3-4-9(7-10(8)14)15-13(18)11-5-6-12(19-2)17-16-11/h3-7H,1-2H3,(H,15,18). The summed E-state index contributed by atoms with van der Waals surface area (Å²) in [7, 11) is 1.48. The number of anilines is 1. The Balaban J connectivity index is 2.13. The summed E-state index contributed by atoms with van der Waals surface area (Å²) in [6.45, 7) is 1.89. The minimum absolute atomic E-state index is 0.206. The van der Waals surface area contributed by atoms with Crippen molar-refractivity contribution in [1.82, 2.24) is 10.2 Å². The van der Waals surface area contributed by atoms with Crippen LogP contribution in [-0.4, -0.2) is 23.2 Å². The maximum atomic E-state index is 11.9. The van der Waals surface area contributed by atoms with E-state index >= 15 is 0 Å². The Morgan fingerprint density at radius 3 is 2.63 bits per heavy atom. The van der Waals surface area contributed by atoms with Gasteiger partial charge in [0.05, 0.1) is 7.11 Å². The monoisotopic (exact) mass is 277 g/mol. The lowest BCUT2D eigenvalue weighted by atomic mass is 10.2. The average molecular weight is 278 g/mol. The molecule has 0 spiro atoms. The molecule has 1 amide bonds. The van der Waals surface area contributed by atoms with E-state index in [4.69, 9.17) is 16.3 Å². The lowest BCUT2D eigenvalue weighted by Crippen LogP contribution is -2.14. The van der Waals surface area contributed by atoms with Crippen LogP contribution in [0.1, 0.15) is 16.1 Å². The predicted octanol–water partition coefficient (Wildman–Crippen LogP) is 2.70. The van der Waals surface area contributed by atoms with Gasteiger partial charge in [0.2, 0.25) is 5.88 Å². The largest absolute Gasteiger partial charge is 0.480 e. The second kappa shape index (κ2) is 5.67. The van der Waals surface area contributed by atoms with E-state index in [9.17, 15) is 4.79 Å². The van der Waals surface area contributed by atoms with E-state index in [-0.39, 0.29) is 11.6 Å². The van der Waals surface area contributed by atoms with Gasteiger partial charge in [0.1, 0.15) is 0 Å². The van der Waals surface area contributed by atoms with Crippen molar-refractivity contribution < 1.29 is 9.53 Å². The number of methoxy groups -OCH3 is 1. The van der Waals surface area contributed by atoms with Crippen molar-refractivity contribution in [2.45, 2.75) is 6.92 Å². The zero-order valence-electron chi connectivity index (χ0n) is 10.5. The second-order valence-corrected chi connectivity index (χ2v) is 4.29. The van der Waals surface area contributed by atoms with Gasteiger partial charge >= 0.3 is 0 Å². The number of hydrogen-bond acceptors (Lipinski definition) is 4. The van der Waals surface area contributed by atoms with Gasteiger partial charge in [-0.15, -0.1) is 10.2 Å². The number of benzene rings is 1. The van der Waals surface area contributed by atoms with E-state index in [2.05, 4.69) is 15.5 Å². The first-order valence-electron chi connectivity index (χ1n) is 5.55. The molecule has 0 saturated carbocycles. The van der Waals surface area contributed by atoms with Crippen LogP contribution in [0.15, 0.2) is 30.3 Å². The molecule has 1 heterocycles. The van der Waals surface area contributed by atoms with Crippen molar-refractivity contribution in [2.24, 2.45) is 0 Å². The number of nitrogens with zero attached hydrogens (tertiary/aromatic N) is 2. The topological polar surface area (TPSA) is 64.1 Å². The summed E-state index contributed by atoms with van der Waals surface area (Å²) < 4.78 is 4.87. The molecule has 2 aromatic rings. The van der Waals surface area contributed by atoms with Crippen LogP contribution in [0, 0.1) is 6.92 Å². The Morgan fingerprint density at radius 1 is 1.26 bits per heavy atom. The minimum Gasteiger partial charge on any atom is -0.480 e. The van der Waals surface area contributed by atoms with Crippen molar-refractivity contribution in [3.8, 4) is 5.88 Å². The van der Waals surface area contributed by atoms with Gasteiger partial charge < -0.3 is 10.1 Å². The van der Waals surface area contributed by atoms with Crippen molar-refractivity contribution in [3.05, 3.63) is 46.6 Å². The molecular formula is C13H12ClN3O2. The fourth-order valence-electron chi connectivity index (χ4n) is 1.42. The summed E-state index contributed by atoms with van der Waals surface area (Å²) in [5.74, 6) is 0.00463. The minimum atomic E-state index is -0.352. The fraction of sp³-hybridized carbons (Fsp3) is 0.154. The van der Waals surface area contributed by atoms with Gasteiger partial charge in [-0.3, -0.25) is 4.79 Å². The molecule has 0 bridgehead atoms. The summed E-state index contributed by atoms with van der Waals surface area (Å²) in [6, 6.07) is 8.40. The maximum Gasteiger partial charge on any atom is 0.276 e. The van der Waals surface area contributed by atoms with E-state index in [1.165, 1.54) is 13.2 Å². The second-order valence-electron chi connectivity index (χ2n) is 3.88. The number of ether oxygens (including phenoxy) is 1. The van der Waals surface area contributed by atoms with E-state index in [0.717, 1.165) is 5.56 Å². The highest BCUT2D eigenvalue weighted by Crippen LogP contribution is 2.20. The first kappa shape index (κ1) is 13.3. The molecule has 98 valence electrons. The molecule has 0 saturated heterocycles. The molecular weight excluding hydrogens is 266 g/mol. The molecule has 0 aliphatic heterocycles. The highest BCUT2D eigenvalue weighted by molar-refractivity contribution is 6.31. The Bertz CT molecular complexity index is 599. The van der Waals surface area contributed by atoms with Crippen molar-refractivity contribution >= 4 is 23.2 Å². The first-order chi connectivity index (χ1) is 9.10. The zero-order valence-corrected chi connectivity index (χ0v) is 11.2. The number of amides is 1. The number of halogens is 1. The van der Waals surface area contributed by atoms with Crippen molar-refractivity contribution in [1.29, 1.82) is 0 Å². The first-order valence-corrected chi connectivity index (χ1v) is 5.93. The lowest BCUT2D eigenvalue weighted by Gasteiger charge is -2.06. The van der Waals surface area contributed by atoms with Gasteiger partial charge in [0.15, 0.2) is 5.69 Å². The molecule has 1 aromatic heterocycles. The van der Waals surface area contributed by atoms with Crippen molar-refractivity contribution in [3.63, 3.8) is 0 Å². The summed E-state index contributed by atoms with van der Waals surface area (Å²) in [4.78, 5) is 11.9. The summed E-state index contributed by atoms with van der Waals surface area (Å²) in [6.07, 6.45) is 0. The van der Waals surface area contributed by atoms with Crippen LogP contribution >= 0.6 is 11.6 Å². The molecule has 0 aliphatic rings. The van der Waals surface area contributed by atoms with Crippen LogP contribution in [0.5, 0.6) is 5.88 Å². The molecule has 2 rings (SSSR count). The SMILES string of the molecule is COc1ccc(C(=O)Nc2ccc(C)c(Cl)c2)nn1. The van der Waals surface area contributed by atoms with Crippen LogP contribution in [0.3, 0.4) is 0 Å². The Morgan fingerprint density at radius 2 is 2.05 bits per heavy atom. The predicted molar refractivity (Wildman–Crippen MR) is 72.7 cm³/mol. The molecule has 0 fully saturated rings. The third-order valence-electron chi connectivity index (χ3n) is 2.51. The maximum absolute atomic E-state index is 11.9. The highest BCUT2D eigenvalue weighted by atomic mass is 35.5. The number of carbonyl (C=O) groups excluding carboxylic acids is 1. The quantitative estimate of drug-likeness (QED) is 0.937. The fourth-order valence-corrected chi connectivity index (χ4v) is 1.60. The highest BCUT2D eigenvalue weighted by Gasteiger charge is 2.09. The molecule has 1 aromatic carbocycles. The van der Waals surface area contributed by atoms with E-state index in [1.54, 1.807) is 18.2 Å². The van der Waals surface area contributed by atoms with Crippen molar-refractivity contribution in [2.75, 3.05) is 12.4 Å². The van der Waals surface area contributed by atoms with E-state index in [1.807, 2.05) is 13.0 Å². The molecule has 19 heavy (non-hydrogen) atoms. The van der Waals surface area contributed by atoms with Gasteiger partial charge in [0, 0.05) is 16.8 Å². The van der Waals surface area contributed by atoms with E-state index in [0.29, 0.717) is 16.6 Å². The van der Waals surface area contributed by atoms with Gasteiger partial charge in [0.25, 0.3) is 5.91 Å². The van der Waals surface area contributed by atoms with Crippen LogP contribution in [0.2, 0.25) is 5.02 Å². The lowest BCUT2D eigenvalue weighted by molar-refractivity contribution is 0.102. The summed E-state index contributed by atoms with van der Waals surface area (Å²) in [5, 5.41) is 10.8. The Kier molecular flexibility index (Phi) is 3.97. The number of hydrogen-bond donors (Lipinski definition) is 1. The van der Waals surface area contributed by atoms with Gasteiger partial charge in [-0.2, -0.15) is 0 Å². The van der Waals surface area contributed by atoms with Crippen LogP contribution in [-0.2, 0) is 0 Å². The third kappa shape index (κ3) is 3.20. The molecule has 1 N–H and O–H groups in total. The Labute approximate surface area is 115 Å². The summed E-state index contributed by atoms with van der Waals surface area (Å²) >= 11 is 5.99. The number of carbonyl (C=O) groups is 1. The molecule has 5 nitrogen and oxygen atoms in total. The molecule has 0 radical (unpaired) electrons. The van der Waals surface area contributed by atoms with Crippen LogP contribution < -0.4 is 10.1 Å². The number of aromatic nitrogens is 2. The molecule has 0 aliphatic carbocycles. The van der Waals surface area contributed by atoms with Crippen LogP contribution in [0.25, 0.3) is 0 Å². The molecule has 6 heteroatoms. The molecule has 0 unspecified atom stereocenters. The zero-order chi connectivity index (χ0) is 13.8. The van der Waals surface area contributed by atoms with Crippen LogP contribution in [0.4, 0.5) is 5.69 Å². The number of aryl methyl sites for hydroxylation is 1. The third-order valence-corrected chi connectivity index (χ3v) is 2.92. The average Bonchev–Trinajstić information content (AvgIpc) is 2.43. The number of nitrogens with one attached hydrogen (secondary N) is 1. The molecule has 0 atom stereocenters. The van der Waals surface area contributed by atoms with Gasteiger partial charge in [-0.1, -0.05) is 17.7 Å². The van der Waals surface area contributed by atoms with E-state index < -0.39 is 0 Å². The smallest absolute Gasteiger partial charge is 0.276 e. The normalized spacial score (nSPS) is 10.1. The summed E-state index contributed by atoms with van der Waals surface area (Å²) in [5.41, 5.74) is 1.76. The van der Waals surface area contributed by atoms with Gasteiger partial charge in [-0.25, -0.2) is 0 Å².